The molecule has 3 amide bonds. The number of aliphatic hydroxyl groups excluding tert-OH is 1. The van der Waals surface area contributed by atoms with Gasteiger partial charge in [-0.05, 0) is 48.9 Å². The Bertz CT molecular complexity index is 1840. The minimum atomic E-state index is -1.45. The largest absolute Gasteiger partial charge is 0.463 e. The van der Waals surface area contributed by atoms with Crippen LogP contribution >= 0.6 is 0 Å². The summed E-state index contributed by atoms with van der Waals surface area (Å²) in [7, 11) is 0. The number of amides is 3. The number of cyclic esters (lactones) is 1. The van der Waals surface area contributed by atoms with Crippen molar-refractivity contribution in [3.8, 4) is 0 Å². The Labute approximate surface area is 297 Å². The van der Waals surface area contributed by atoms with Crippen LogP contribution in [0, 0.1) is 25.7 Å². The lowest BCUT2D eigenvalue weighted by molar-refractivity contribution is -0.146. The van der Waals surface area contributed by atoms with Crippen LogP contribution in [0.1, 0.15) is 41.1 Å². The van der Waals surface area contributed by atoms with Gasteiger partial charge in [-0.2, -0.15) is 0 Å². The second-order valence-corrected chi connectivity index (χ2v) is 13.8. The first-order valence-corrected chi connectivity index (χ1v) is 17.6. The number of aryl methyl sites for hydroxylation is 2. The number of fused-ring (bicyclic) bond motifs is 2. The highest BCUT2D eigenvalue weighted by molar-refractivity contribution is 6.06. The summed E-state index contributed by atoms with van der Waals surface area (Å²) in [6.07, 6.45) is 7.30. The summed E-state index contributed by atoms with van der Waals surface area (Å²) in [5, 5.41) is 14.0. The van der Waals surface area contributed by atoms with Crippen molar-refractivity contribution < 1.29 is 33.8 Å². The zero-order valence-electron chi connectivity index (χ0n) is 28.8. The highest BCUT2D eigenvalue weighted by Gasteiger charge is 2.74. The molecule has 4 heterocycles. The van der Waals surface area contributed by atoms with Crippen molar-refractivity contribution in [2.24, 2.45) is 11.8 Å². The normalized spacial score (nSPS) is 29.1. The van der Waals surface area contributed by atoms with Gasteiger partial charge in [-0.1, -0.05) is 103 Å². The third-order valence-electron chi connectivity index (χ3n) is 10.6. The number of anilines is 1. The molecule has 2 fully saturated rings. The van der Waals surface area contributed by atoms with Crippen molar-refractivity contribution in [2.75, 3.05) is 24.7 Å². The quantitative estimate of drug-likeness (QED) is 0.295. The summed E-state index contributed by atoms with van der Waals surface area (Å²) in [6, 6.07) is 21.9. The number of nitrogens with zero attached hydrogens (tertiary/aromatic N) is 2. The van der Waals surface area contributed by atoms with Crippen molar-refractivity contribution >= 4 is 29.4 Å². The molecule has 0 aromatic heterocycles. The lowest BCUT2D eigenvalue weighted by Gasteiger charge is -2.39. The monoisotopic (exact) mass is 689 g/mol. The van der Waals surface area contributed by atoms with E-state index in [1.807, 2.05) is 105 Å². The van der Waals surface area contributed by atoms with E-state index in [4.69, 9.17) is 9.47 Å². The summed E-state index contributed by atoms with van der Waals surface area (Å²) in [6.45, 7) is 3.54. The van der Waals surface area contributed by atoms with Gasteiger partial charge >= 0.3 is 5.97 Å². The van der Waals surface area contributed by atoms with E-state index in [9.17, 15) is 19.5 Å². The van der Waals surface area contributed by atoms with Gasteiger partial charge in [-0.15, -0.1) is 0 Å². The van der Waals surface area contributed by atoms with Gasteiger partial charge in [-0.3, -0.25) is 19.2 Å². The van der Waals surface area contributed by atoms with E-state index in [0.29, 0.717) is 18.5 Å². The molecule has 4 aliphatic heterocycles. The standard InChI is InChI=1S/C41H43N3O7/c1-26-13-12-14-27(2)36(26)43-22-11-5-10-19-33(46)50-25-31(29-17-8-4-9-18-29)42-38(47)34-32-20-21-41(51-32)35(34)39(48)44(37(41)40(43)49)30(24-45)23-28-15-6-3-7-16-28/h3-9,11-18,20-21,30-32,34-35,37,45H,10,19,22-25H2,1-2H3,(H,42,47)/b11-5-/t30-,31-,32-,34+,35+,37-,41+/m1/s1. The van der Waals surface area contributed by atoms with E-state index in [1.165, 1.54) is 4.90 Å². The Balaban J connectivity index is 1.36. The summed E-state index contributed by atoms with van der Waals surface area (Å²) >= 11 is 0. The number of aliphatic hydroxyl groups is 1. The topological polar surface area (TPSA) is 125 Å². The van der Waals surface area contributed by atoms with Crippen molar-refractivity contribution in [2.45, 2.75) is 62.9 Å². The Morgan fingerprint density at radius 2 is 1.61 bits per heavy atom. The molecule has 2 saturated heterocycles. The molecule has 2 N–H and O–H groups in total. The molecule has 0 unspecified atom stereocenters. The summed E-state index contributed by atoms with van der Waals surface area (Å²) < 4.78 is 12.3. The number of nitrogens with one attached hydrogen (secondary N) is 1. The molecule has 1 spiro atoms. The van der Waals surface area contributed by atoms with Gasteiger partial charge in [0.25, 0.3) is 5.91 Å². The number of hydrogen-bond donors (Lipinski definition) is 2. The molecule has 0 radical (unpaired) electrons. The Morgan fingerprint density at radius 1 is 0.902 bits per heavy atom. The molecule has 7 atom stereocenters. The van der Waals surface area contributed by atoms with Crippen LogP contribution in [0.5, 0.6) is 0 Å². The van der Waals surface area contributed by atoms with Gasteiger partial charge in [0, 0.05) is 18.7 Å². The van der Waals surface area contributed by atoms with Crippen molar-refractivity contribution in [1.82, 2.24) is 10.2 Å². The maximum atomic E-state index is 15.4. The molecule has 264 valence electrons. The average molecular weight is 690 g/mol. The molecule has 7 rings (SSSR count). The van der Waals surface area contributed by atoms with Crippen molar-refractivity contribution in [1.29, 1.82) is 0 Å². The minimum Gasteiger partial charge on any atom is -0.463 e. The second kappa shape index (κ2) is 14.3. The first kappa shape index (κ1) is 34.4. The lowest BCUT2D eigenvalue weighted by atomic mass is 9.74. The summed E-state index contributed by atoms with van der Waals surface area (Å²) in [5.74, 6) is -3.65. The van der Waals surface area contributed by atoms with E-state index in [-0.39, 0.29) is 25.5 Å². The van der Waals surface area contributed by atoms with Crippen LogP contribution in [-0.2, 0) is 35.1 Å². The zero-order valence-corrected chi connectivity index (χ0v) is 28.8. The number of benzene rings is 3. The van der Waals surface area contributed by atoms with Crippen LogP contribution in [0.15, 0.2) is 103 Å². The molecular formula is C41H43N3O7. The number of ether oxygens (including phenoxy) is 2. The number of likely N-dealkylation sites (tertiary alicyclic amines) is 1. The average Bonchev–Trinajstić information content (AvgIpc) is 3.78. The fourth-order valence-corrected chi connectivity index (χ4v) is 8.31. The van der Waals surface area contributed by atoms with E-state index in [1.54, 1.807) is 17.1 Å². The third-order valence-corrected chi connectivity index (χ3v) is 10.6. The van der Waals surface area contributed by atoms with E-state index < -0.39 is 66.1 Å². The molecule has 0 saturated carbocycles. The van der Waals surface area contributed by atoms with Crippen LogP contribution in [0.2, 0.25) is 0 Å². The molecule has 3 aromatic rings. The SMILES string of the molecule is Cc1cccc(C)c1N1C/C=C\CCC(=O)OC[C@H](c2ccccc2)NC(=O)[C@@H]2[C@H]3C(=O)N([C@@H](CO)Cc4ccccc4)[C@H](C1=O)[C@]31C=C[C@H]2O1. The van der Waals surface area contributed by atoms with Gasteiger partial charge in [0.15, 0.2) is 0 Å². The van der Waals surface area contributed by atoms with Gasteiger partial charge < -0.3 is 29.7 Å². The molecule has 10 nitrogen and oxygen atoms in total. The number of para-hydroxylation sites is 1. The van der Waals surface area contributed by atoms with Gasteiger partial charge in [0.1, 0.15) is 18.2 Å². The second-order valence-electron chi connectivity index (χ2n) is 13.8. The van der Waals surface area contributed by atoms with Crippen LogP contribution in [-0.4, -0.2) is 77.2 Å². The van der Waals surface area contributed by atoms with E-state index in [0.717, 1.165) is 22.3 Å². The molecule has 0 aliphatic carbocycles. The van der Waals surface area contributed by atoms with Crippen LogP contribution in [0.25, 0.3) is 0 Å². The molecule has 5 bridgehead atoms. The van der Waals surface area contributed by atoms with Crippen molar-refractivity contribution in [3.05, 3.63) is 125 Å². The molecular weight excluding hydrogens is 646 g/mol. The fraction of sp³-hybridized carbons (Fsp3) is 0.366. The predicted octanol–water partition coefficient (Wildman–Crippen LogP) is 4.14. The zero-order chi connectivity index (χ0) is 35.7. The maximum absolute atomic E-state index is 15.4. The maximum Gasteiger partial charge on any atom is 0.306 e. The Kier molecular flexibility index (Phi) is 9.63. The van der Waals surface area contributed by atoms with Gasteiger partial charge in [-0.25, -0.2) is 0 Å². The highest BCUT2D eigenvalue weighted by atomic mass is 16.5. The Morgan fingerprint density at radius 3 is 2.31 bits per heavy atom. The van der Waals surface area contributed by atoms with Crippen molar-refractivity contribution in [3.63, 3.8) is 0 Å². The number of rotatable bonds is 6. The lowest BCUT2D eigenvalue weighted by Crippen LogP contribution is -2.59. The fourth-order valence-electron chi connectivity index (χ4n) is 8.31. The summed E-state index contributed by atoms with van der Waals surface area (Å²) in [4.78, 5) is 60.7. The highest BCUT2D eigenvalue weighted by Crippen LogP contribution is 2.56. The van der Waals surface area contributed by atoms with Crippen LogP contribution in [0.3, 0.4) is 0 Å². The number of allylic oxidation sites excluding steroid dienone is 1. The van der Waals surface area contributed by atoms with Gasteiger partial charge in [0.05, 0.1) is 36.6 Å². The summed E-state index contributed by atoms with van der Waals surface area (Å²) in [5.41, 5.74) is 2.63. The number of hydrogen-bond acceptors (Lipinski definition) is 7. The predicted molar refractivity (Wildman–Crippen MR) is 190 cm³/mol. The molecule has 3 aromatic carbocycles. The van der Waals surface area contributed by atoms with Crippen LogP contribution < -0.4 is 10.2 Å². The minimum absolute atomic E-state index is 0.0899. The number of carbonyl (C=O) groups excluding carboxylic acids is 4. The first-order chi connectivity index (χ1) is 24.7. The molecule has 51 heavy (non-hydrogen) atoms. The molecule has 4 aliphatic rings. The third kappa shape index (κ3) is 6.27. The first-order valence-electron chi connectivity index (χ1n) is 17.6. The number of carbonyl (C=O) groups is 4. The Hall–Kier alpha value is -5.06. The van der Waals surface area contributed by atoms with Crippen LogP contribution in [0.4, 0.5) is 5.69 Å². The van der Waals surface area contributed by atoms with Gasteiger partial charge in [0.2, 0.25) is 11.8 Å². The number of esters is 1. The smallest absolute Gasteiger partial charge is 0.306 e. The van der Waals surface area contributed by atoms with E-state index >= 15 is 4.79 Å². The van der Waals surface area contributed by atoms with E-state index in [2.05, 4.69) is 5.32 Å². The molecule has 10 heteroatoms.